The number of hydrogen-bond donors (Lipinski definition) is 2. The number of hydrogen-bond acceptors (Lipinski definition) is 4. The zero-order chi connectivity index (χ0) is 12.1. The van der Waals surface area contributed by atoms with E-state index in [9.17, 15) is 14.4 Å². The molecule has 0 saturated carbocycles. The first-order valence-electron chi connectivity index (χ1n) is 5.34. The zero-order valence-electron chi connectivity index (χ0n) is 9.02. The van der Waals surface area contributed by atoms with Crippen molar-refractivity contribution in [2.24, 2.45) is 5.73 Å². The molecule has 0 aromatic rings. The summed E-state index contributed by atoms with van der Waals surface area (Å²) in [6, 6.07) is -0.688. The van der Waals surface area contributed by atoms with E-state index in [1.54, 1.807) is 0 Å². The van der Waals surface area contributed by atoms with Gasteiger partial charge in [-0.2, -0.15) is 0 Å². The molecule has 1 atom stereocenters. The lowest BCUT2D eigenvalue weighted by atomic mass is 10.2. The van der Waals surface area contributed by atoms with Crippen LogP contribution in [0.5, 0.6) is 0 Å². The largest absolute Gasteiger partial charge is 0.481 e. The molecule has 6 nitrogen and oxygen atoms in total. The summed E-state index contributed by atoms with van der Waals surface area (Å²) in [6.45, 7) is 0.352. The molecule has 16 heavy (non-hydrogen) atoms. The van der Waals surface area contributed by atoms with Gasteiger partial charge in [0.25, 0.3) is 0 Å². The number of nitrogens with two attached hydrogens (primary N) is 1. The van der Waals surface area contributed by atoms with Crippen molar-refractivity contribution in [3.8, 4) is 0 Å². The van der Waals surface area contributed by atoms with Gasteiger partial charge in [0.15, 0.2) is 0 Å². The summed E-state index contributed by atoms with van der Waals surface area (Å²) >= 11 is 0. The van der Waals surface area contributed by atoms with Crippen LogP contribution in [-0.2, 0) is 14.4 Å². The van der Waals surface area contributed by atoms with Gasteiger partial charge in [0.1, 0.15) is 0 Å². The summed E-state index contributed by atoms with van der Waals surface area (Å²) in [4.78, 5) is 34.1. The van der Waals surface area contributed by atoms with E-state index >= 15 is 0 Å². The van der Waals surface area contributed by atoms with Crippen molar-refractivity contribution in [2.75, 3.05) is 6.54 Å². The summed E-state index contributed by atoms with van der Waals surface area (Å²) in [5, 5.41) is 8.41. The highest BCUT2D eigenvalue weighted by Gasteiger charge is 2.35. The lowest BCUT2D eigenvalue weighted by Gasteiger charge is -2.13. The van der Waals surface area contributed by atoms with E-state index in [2.05, 4.69) is 0 Å². The van der Waals surface area contributed by atoms with Gasteiger partial charge in [0, 0.05) is 13.0 Å². The summed E-state index contributed by atoms with van der Waals surface area (Å²) in [7, 11) is 0. The second-order valence-electron chi connectivity index (χ2n) is 3.90. The van der Waals surface area contributed by atoms with E-state index < -0.39 is 12.0 Å². The van der Waals surface area contributed by atoms with Crippen molar-refractivity contribution in [1.82, 2.24) is 4.90 Å². The molecule has 1 unspecified atom stereocenters. The lowest BCUT2D eigenvalue weighted by molar-refractivity contribution is -0.139. The van der Waals surface area contributed by atoms with Crippen LogP contribution in [0.3, 0.4) is 0 Å². The number of rotatable bonds is 6. The number of nitrogens with zero attached hydrogens (tertiary/aromatic N) is 1. The Balaban J connectivity index is 2.20. The van der Waals surface area contributed by atoms with Crippen molar-refractivity contribution in [3.63, 3.8) is 0 Å². The second kappa shape index (κ2) is 5.60. The minimum Gasteiger partial charge on any atom is -0.481 e. The number of carbonyl (C=O) groups is 3. The predicted molar refractivity (Wildman–Crippen MR) is 55.4 cm³/mol. The van der Waals surface area contributed by atoms with Crippen LogP contribution in [0.1, 0.15) is 32.1 Å². The standard InChI is InChI=1S/C10H16N2O4/c11-7-6-8(13)12(10(7)16)5-3-1-2-4-9(14)15/h7H,1-6,11H2,(H,14,15). The highest BCUT2D eigenvalue weighted by atomic mass is 16.4. The normalized spacial score (nSPS) is 20.6. The molecular formula is C10H16N2O4. The maximum Gasteiger partial charge on any atom is 0.303 e. The van der Waals surface area contributed by atoms with E-state index in [1.807, 2.05) is 0 Å². The van der Waals surface area contributed by atoms with Gasteiger partial charge in [-0.15, -0.1) is 0 Å². The Kier molecular flexibility index (Phi) is 4.42. The van der Waals surface area contributed by atoms with Crippen LogP contribution < -0.4 is 5.73 Å². The predicted octanol–water partition coefficient (Wildman–Crippen LogP) is -0.282. The van der Waals surface area contributed by atoms with Gasteiger partial charge >= 0.3 is 5.97 Å². The van der Waals surface area contributed by atoms with Crippen molar-refractivity contribution in [2.45, 2.75) is 38.1 Å². The SMILES string of the molecule is NC1CC(=O)N(CCCCCC(=O)O)C1=O. The first kappa shape index (κ1) is 12.6. The molecule has 1 rings (SSSR count). The molecule has 1 aliphatic rings. The van der Waals surface area contributed by atoms with E-state index in [-0.39, 0.29) is 24.7 Å². The molecule has 1 aliphatic heterocycles. The van der Waals surface area contributed by atoms with Gasteiger partial charge in [-0.05, 0) is 12.8 Å². The van der Waals surface area contributed by atoms with E-state index in [1.165, 1.54) is 4.90 Å². The fourth-order valence-corrected chi connectivity index (χ4v) is 1.67. The summed E-state index contributed by atoms with van der Waals surface area (Å²) in [6.07, 6.45) is 2.11. The van der Waals surface area contributed by atoms with Crippen LogP contribution in [0.2, 0.25) is 0 Å². The van der Waals surface area contributed by atoms with E-state index in [4.69, 9.17) is 10.8 Å². The number of amides is 2. The third kappa shape index (κ3) is 3.30. The van der Waals surface area contributed by atoms with E-state index in [0.717, 1.165) is 0 Å². The molecule has 0 spiro atoms. The topological polar surface area (TPSA) is 101 Å². The molecular weight excluding hydrogens is 212 g/mol. The monoisotopic (exact) mass is 228 g/mol. The van der Waals surface area contributed by atoms with Crippen LogP contribution >= 0.6 is 0 Å². The number of imide groups is 1. The Bertz CT molecular complexity index is 303. The first-order valence-corrected chi connectivity index (χ1v) is 5.34. The molecule has 0 bridgehead atoms. The molecule has 3 N–H and O–H groups in total. The second-order valence-corrected chi connectivity index (χ2v) is 3.90. The highest BCUT2D eigenvalue weighted by molar-refractivity contribution is 6.05. The van der Waals surface area contributed by atoms with Crippen LogP contribution in [0.15, 0.2) is 0 Å². The Labute approximate surface area is 93.4 Å². The smallest absolute Gasteiger partial charge is 0.303 e. The molecule has 0 aromatic heterocycles. The third-order valence-corrected chi connectivity index (χ3v) is 2.55. The van der Waals surface area contributed by atoms with Gasteiger partial charge in [-0.3, -0.25) is 19.3 Å². The molecule has 0 aromatic carbocycles. The average molecular weight is 228 g/mol. The average Bonchev–Trinajstić information content (AvgIpc) is 2.43. The van der Waals surface area contributed by atoms with Gasteiger partial charge in [-0.1, -0.05) is 6.42 Å². The van der Waals surface area contributed by atoms with E-state index in [0.29, 0.717) is 25.8 Å². The van der Waals surface area contributed by atoms with Gasteiger partial charge in [0.05, 0.1) is 12.5 Å². The Morgan fingerprint density at radius 1 is 1.38 bits per heavy atom. The summed E-state index contributed by atoms with van der Waals surface area (Å²) in [5.41, 5.74) is 5.44. The number of carbonyl (C=O) groups excluding carboxylic acids is 2. The molecule has 0 radical (unpaired) electrons. The molecule has 1 saturated heterocycles. The molecule has 1 fully saturated rings. The quantitative estimate of drug-likeness (QED) is 0.481. The fraction of sp³-hybridized carbons (Fsp3) is 0.700. The Hall–Kier alpha value is -1.43. The molecule has 0 aliphatic carbocycles. The fourth-order valence-electron chi connectivity index (χ4n) is 1.67. The van der Waals surface area contributed by atoms with Gasteiger partial charge in [0.2, 0.25) is 11.8 Å². The zero-order valence-corrected chi connectivity index (χ0v) is 9.02. The van der Waals surface area contributed by atoms with Crippen LogP contribution in [0.4, 0.5) is 0 Å². The number of carboxylic acid groups (broad SMARTS) is 1. The Morgan fingerprint density at radius 3 is 2.56 bits per heavy atom. The molecule has 6 heteroatoms. The van der Waals surface area contributed by atoms with Crippen LogP contribution in [0.25, 0.3) is 0 Å². The van der Waals surface area contributed by atoms with Gasteiger partial charge < -0.3 is 10.8 Å². The van der Waals surface area contributed by atoms with Crippen LogP contribution in [0, 0.1) is 0 Å². The minimum absolute atomic E-state index is 0.0912. The summed E-state index contributed by atoms with van der Waals surface area (Å²) in [5.74, 6) is -1.37. The third-order valence-electron chi connectivity index (χ3n) is 2.55. The maximum atomic E-state index is 11.4. The Morgan fingerprint density at radius 2 is 2.06 bits per heavy atom. The molecule has 90 valence electrons. The van der Waals surface area contributed by atoms with Crippen molar-refractivity contribution < 1.29 is 19.5 Å². The first-order chi connectivity index (χ1) is 7.52. The minimum atomic E-state index is -0.824. The summed E-state index contributed by atoms with van der Waals surface area (Å²) < 4.78 is 0. The molecule has 2 amide bonds. The van der Waals surface area contributed by atoms with Gasteiger partial charge in [-0.25, -0.2) is 0 Å². The number of unbranched alkanes of at least 4 members (excludes halogenated alkanes) is 2. The number of likely N-dealkylation sites (tertiary alicyclic amines) is 1. The highest BCUT2D eigenvalue weighted by Crippen LogP contribution is 2.12. The van der Waals surface area contributed by atoms with Crippen molar-refractivity contribution >= 4 is 17.8 Å². The van der Waals surface area contributed by atoms with Crippen LogP contribution in [-0.4, -0.2) is 40.4 Å². The van der Waals surface area contributed by atoms with Crippen molar-refractivity contribution in [3.05, 3.63) is 0 Å². The number of carboxylic acids is 1. The molecule has 1 heterocycles. The lowest BCUT2D eigenvalue weighted by Crippen LogP contribution is -2.35. The number of aliphatic carboxylic acids is 1. The maximum absolute atomic E-state index is 11.4. The van der Waals surface area contributed by atoms with Crippen molar-refractivity contribution in [1.29, 1.82) is 0 Å².